The summed E-state index contributed by atoms with van der Waals surface area (Å²) in [6.45, 7) is 4.18. The molecule has 0 bridgehead atoms. The first-order chi connectivity index (χ1) is 8.40. The Morgan fingerprint density at radius 2 is 2.11 bits per heavy atom. The fraction of sp³-hybridized carbons (Fsp3) is 0.545. The summed E-state index contributed by atoms with van der Waals surface area (Å²) >= 11 is 1.16. The van der Waals surface area contributed by atoms with Crippen molar-refractivity contribution in [2.24, 2.45) is 5.92 Å². The second kappa shape index (κ2) is 6.31. The van der Waals surface area contributed by atoms with Crippen LogP contribution in [0.5, 0.6) is 0 Å². The molecule has 0 saturated carbocycles. The lowest BCUT2D eigenvalue weighted by molar-refractivity contribution is -0.124. The minimum Gasteiger partial charge on any atom is -0.351 e. The van der Waals surface area contributed by atoms with Gasteiger partial charge in [-0.2, -0.15) is 0 Å². The van der Waals surface area contributed by atoms with Crippen LogP contribution in [-0.2, 0) is 21.4 Å². The Bertz CT molecular complexity index is 508. The molecule has 0 radical (unpaired) electrons. The molecule has 0 aromatic carbocycles. The number of rotatable bonds is 6. The van der Waals surface area contributed by atoms with Crippen LogP contribution in [0.15, 0.2) is 16.3 Å². The molecule has 102 valence electrons. The van der Waals surface area contributed by atoms with E-state index in [-0.39, 0.29) is 16.0 Å². The van der Waals surface area contributed by atoms with Crippen LogP contribution in [0, 0.1) is 5.92 Å². The van der Waals surface area contributed by atoms with Crippen molar-refractivity contribution < 1.29 is 13.2 Å². The highest BCUT2D eigenvalue weighted by atomic mass is 32.2. The predicted molar refractivity (Wildman–Crippen MR) is 71.9 cm³/mol. The van der Waals surface area contributed by atoms with Crippen molar-refractivity contribution in [2.45, 2.75) is 31.0 Å². The van der Waals surface area contributed by atoms with Gasteiger partial charge in [0.05, 0.1) is 6.54 Å². The summed E-state index contributed by atoms with van der Waals surface area (Å²) in [6.07, 6.45) is 0.787. The van der Waals surface area contributed by atoms with Crippen LogP contribution in [0.2, 0.25) is 0 Å². The zero-order chi connectivity index (χ0) is 13.8. The van der Waals surface area contributed by atoms with Crippen molar-refractivity contribution in [3.8, 4) is 0 Å². The van der Waals surface area contributed by atoms with Gasteiger partial charge in [-0.05, 0) is 25.6 Å². The molecule has 0 aliphatic heterocycles. The molecule has 1 aromatic heterocycles. The van der Waals surface area contributed by atoms with Gasteiger partial charge in [-0.3, -0.25) is 4.79 Å². The monoisotopic (exact) mass is 290 g/mol. The molecule has 0 aliphatic carbocycles. The summed E-state index contributed by atoms with van der Waals surface area (Å²) in [5.41, 5.74) is 0. The van der Waals surface area contributed by atoms with Gasteiger partial charge in [0.1, 0.15) is 4.21 Å². The third kappa shape index (κ3) is 3.79. The Morgan fingerprint density at radius 1 is 1.44 bits per heavy atom. The van der Waals surface area contributed by atoms with Gasteiger partial charge in [-0.25, -0.2) is 13.1 Å². The Kier molecular flexibility index (Phi) is 5.30. The average Bonchev–Trinajstić information content (AvgIpc) is 2.84. The number of thiophene rings is 1. The first kappa shape index (κ1) is 15.1. The SMILES string of the molecule is CCC(C)C(=O)NCc1ccc(S(=O)(=O)NC)s1. The molecule has 0 aliphatic rings. The lowest BCUT2D eigenvalue weighted by Gasteiger charge is -2.08. The van der Waals surface area contributed by atoms with Crippen LogP contribution in [0.25, 0.3) is 0 Å². The van der Waals surface area contributed by atoms with Gasteiger partial charge in [0.2, 0.25) is 15.9 Å². The van der Waals surface area contributed by atoms with Crippen LogP contribution in [0.1, 0.15) is 25.1 Å². The molecule has 5 nitrogen and oxygen atoms in total. The highest BCUT2D eigenvalue weighted by molar-refractivity contribution is 7.91. The van der Waals surface area contributed by atoms with Crippen molar-refractivity contribution in [3.05, 3.63) is 17.0 Å². The molecule has 1 rings (SSSR count). The van der Waals surface area contributed by atoms with Crippen molar-refractivity contribution in [2.75, 3.05) is 7.05 Å². The fourth-order valence-corrected chi connectivity index (χ4v) is 3.37. The van der Waals surface area contributed by atoms with Crippen molar-refractivity contribution in [1.29, 1.82) is 0 Å². The van der Waals surface area contributed by atoms with Crippen LogP contribution in [0.4, 0.5) is 0 Å². The van der Waals surface area contributed by atoms with Crippen LogP contribution >= 0.6 is 11.3 Å². The number of carbonyl (C=O) groups is 1. The highest BCUT2D eigenvalue weighted by Gasteiger charge is 2.15. The molecule has 1 heterocycles. The van der Waals surface area contributed by atoms with Gasteiger partial charge in [-0.1, -0.05) is 13.8 Å². The topological polar surface area (TPSA) is 75.3 Å². The first-order valence-electron chi connectivity index (χ1n) is 5.70. The normalized spacial score (nSPS) is 13.3. The Balaban J connectivity index is 2.63. The van der Waals surface area contributed by atoms with Crippen LogP contribution in [0.3, 0.4) is 0 Å². The molecular weight excluding hydrogens is 272 g/mol. The number of amides is 1. The standard InChI is InChI=1S/C11H18N2O3S2/c1-4-8(2)11(14)13-7-9-5-6-10(17-9)18(15,16)12-3/h5-6,8,12H,4,7H2,1-3H3,(H,13,14). The van der Waals surface area contributed by atoms with E-state index in [1.807, 2.05) is 13.8 Å². The van der Waals surface area contributed by atoms with Gasteiger partial charge in [0.25, 0.3) is 0 Å². The minimum atomic E-state index is -3.38. The van der Waals surface area contributed by atoms with Crippen LogP contribution < -0.4 is 10.0 Å². The molecular formula is C11H18N2O3S2. The van der Waals surface area contributed by atoms with E-state index in [2.05, 4.69) is 10.0 Å². The molecule has 2 N–H and O–H groups in total. The summed E-state index contributed by atoms with van der Waals surface area (Å²) in [4.78, 5) is 12.4. The van der Waals surface area contributed by atoms with E-state index >= 15 is 0 Å². The molecule has 7 heteroatoms. The molecule has 1 amide bonds. The Hall–Kier alpha value is -0.920. The van der Waals surface area contributed by atoms with E-state index < -0.39 is 10.0 Å². The van der Waals surface area contributed by atoms with Crippen molar-refractivity contribution in [3.63, 3.8) is 0 Å². The van der Waals surface area contributed by atoms with Gasteiger partial charge in [0.15, 0.2) is 0 Å². The van der Waals surface area contributed by atoms with Crippen LogP contribution in [-0.4, -0.2) is 21.4 Å². The first-order valence-corrected chi connectivity index (χ1v) is 8.00. The maximum absolute atomic E-state index is 11.6. The number of carbonyl (C=O) groups excluding carboxylic acids is 1. The summed E-state index contributed by atoms with van der Waals surface area (Å²) in [5.74, 6) is -0.0330. The van der Waals surface area contributed by atoms with E-state index in [0.29, 0.717) is 6.54 Å². The summed E-state index contributed by atoms with van der Waals surface area (Å²) in [5, 5.41) is 2.79. The second-order valence-electron chi connectivity index (χ2n) is 3.96. The molecule has 0 fully saturated rings. The quantitative estimate of drug-likeness (QED) is 0.829. The van der Waals surface area contributed by atoms with Gasteiger partial charge >= 0.3 is 0 Å². The Labute approximate surface area is 112 Å². The third-order valence-corrected chi connectivity index (χ3v) is 5.66. The molecule has 1 unspecified atom stereocenters. The highest BCUT2D eigenvalue weighted by Crippen LogP contribution is 2.21. The number of hydrogen-bond acceptors (Lipinski definition) is 4. The smallest absolute Gasteiger partial charge is 0.249 e. The van der Waals surface area contributed by atoms with E-state index in [0.717, 1.165) is 22.6 Å². The zero-order valence-corrected chi connectivity index (χ0v) is 12.3. The lowest BCUT2D eigenvalue weighted by Crippen LogP contribution is -2.27. The summed E-state index contributed by atoms with van der Waals surface area (Å²) in [6, 6.07) is 3.26. The summed E-state index contributed by atoms with van der Waals surface area (Å²) < 4.78 is 25.6. The maximum atomic E-state index is 11.6. The average molecular weight is 290 g/mol. The second-order valence-corrected chi connectivity index (χ2v) is 7.24. The van der Waals surface area contributed by atoms with E-state index in [1.165, 1.54) is 7.05 Å². The fourth-order valence-electron chi connectivity index (χ4n) is 1.23. The van der Waals surface area contributed by atoms with E-state index in [1.54, 1.807) is 12.1 Å². The number of sulfonamides is 1. The molecule has 0 saturated heterocycles. The zero-order valence-electron chi connectivity index (χ0n) is 10.7. The third-order valence-electron chi connectivity index (χ3n) is 2.67. The van der Waals surface area contributed by atoms with Gasteiger partial charge < -0.3 is 5.32 Å². The largest absolute Gasteiger partial charge is 0.351 e. The van der Waals surface area contributed by atoms with E-state index in [9.17, 15) is 13.2 Å². The molecule has 1 atom stereocenters. The minimum absolute atomic E-state index is 0.0103. The van der Waals surface area contributed by atoms with Crippen molar-refractivity contribution in [1.82, 2.24) is 10.0 Å². The van der Waals surface area contributed by atoms with Crippen molar-refractivity contribution >= 4 is 27.3 Å². The molecule has 1 aromatic rings. The molecule has 0 spiro atoms. The van der Waals surface area contributed by atoms with Gasteiger partial charge in [-0.15, -0.1) is 11.3 Å². The Morgan fingerprint density at radius 3 is 2.67 bits per heavy atom. The maximum Gasteiger partial charge on any atom is 0.249 e. The lowest BCUT2D eigenvalue weighted by atomic mass is 10.1. The van der Waals surface area contributed by atoms with E-state index in [4.69, 9.17) is 0 Å². The predicted octanol–water partition coefficient (Wildman–Crippen LogP) is 1.32. The molecule has 18 heavy (non-hydrogen) atoms. The number of nitrogens with one attached hydrogen (secondary N) is 2. The summed E-state index contributed by atoms with van der Waals surface area (Å²) in [7, 11) is -2.01. The van der Waals surface area contributed by atoms with Gasteiger partial charge in [0, 0.05) is 10.8 Å². The number of hydrogen-bond donors (Lipinski definition) is 2.